The van der Waals surface area contributed by atoms with Crippen molar-refractivity contribution in [3.8, 4) is 0 Å². The molecular weight excluding hydrogens is 182 g/mol. The van der Waals surface area contributed by atoms with Crippen molar-refractivity contribution in [3.05, 3.63) is 18.2 Å². The van der Waals surface area contributed by atoms with Gasteiger partial charge >= 0.3 is 5.97 Å². The van der Waals surface area contributed by atoms with Gasteiger partial charge in [0.05, 0.1) is 11.4 Å². The van der Waals surface area contributed by atoms with Gasteiger partial charge in [0.15, 0.2) is 0 Å². The number of anilines is 3. The minimum atomic E-state index is -0.886. The molecule has 0 atom stereocenters. The van der Waals surface area contributed by atoms with Crippen LogP contribution in [0.1, 0.15) is 0 Å². The highest BCUT2D eigenvalue weighted by atomic mass is 16.4. The molecule has 0 radical (unpaired) electrons. The molecule has 0 fully saturated rings. The number of nitrogen functional groups attached to an aromatic ring is 2. The van der Waals surface area contributed by atoms with Crippen LogP contribution < -0.4 is 16.4 Å². The van der Waals surface area contributed by atoms with Crippen molar-refractivity contribution < 1.29 is 9.90 Å². The van der Waals surface area contributed by atoms with Crippen molar-refractivity contribution in [2.45, 2.75) is 0 Å². The minimum absolute atomic E-state index is 0.0661. The molecule has 0 aromatic heterocycles. The van der Waals surface area contributed by atoms with Crippen molar-refractivity contribution in [3.63, 3.8) is 0 Å². The number of carboxylic acid groups (broad SMARTS) is 1. The van der Waals surface area contributed by atoms with Crippen molar-refractivity contribution >= 4 is 23.0 Å². The highest BCUT2D eigenvalue weighted by Crippen LogP contribution is 2.21. The lowest BCUT2D eigenvalue weighted by Gasteiger charge is -2.17. The fourth-order valence-corrected chi connectivity index (χ4v) is 1.09. The highest BCUT2D eigenvalue weighted by molar-refractivity contribution is 5.76. The number of rotatable bonds is 3. The molecule has 0 heterocycles. The number of aliphatic carboxylic acids is 1. The lowest BCUT2D eigenvalue weighted by Crippen LogP contribution is -2.25. The average molecular weight is 195 g/mol. The van der Waals surface area contributed by atoms with Crippen molar-refractivity contribution in [1.29, 1.82) is 0 Å². The molecule has 5 heteroatoms. The van der Waals surface area contributed by atoms with Gasteiger partial charge in [-0.2, -0.15) is 0 Å². The molecule has 0 bridgehead atoms. The van der Waals surface area contributed by atoms with Gasteiger partial charge in [-0.1, -0.05) is 0 Å². The van der Waals surface area contributed by atoms with Crippen LogP contribution in [0.5, 0.6) is 0 Å². The Labute approximate surface area is 81.9 Å². The molecule has 0 saturated heterocycles. The Hall–Kier alpha value is -1.91. The van der Waals surface area contributed by atoms with E-state index in [0.717, 1.165) is 5.69 Å². The molecule has 0 aliphatic heterocycles. The van der Waals surface area contributed by atoms with E-state index in [2.05, 4.69) is 0 Å². The normalized spacial score (nSPS) is 9.79. The summed E-state index contributed by atoms with van der Waals surface area (Å²) in [5.74, 6) is -0.886. The van der Waals surface area contributed by atoms with E-state index in [1.54, 1.807) is 30.1 Å². The van der Waals surface area contributed by atoms with Crippen LogP contribution in [-0.4, -0.2) is 24.7 Å². The maximum Gasteiger partial charge on any atom is 0.323 e. The SMILES string of the molecule is CN(CC(=O)O)c1ccc(N)c(N)c1. The number of benzene rings is 1. The predicted molar refractivity (Wildman–Crippen MR) is 56.2 cm³/mol. The van der Waals surface area contributed by atoms with E-state index >= 15 is 0 Å². The Balaban J connectivity index is 2.85. The molecule has 1 rings (SSSR count). The summed E-state index contributed by atoms with van der Waals surface area (Å²) < 4.78 is 0. The third kappa shape index (κ3) is 2.29. The summed E-state index contributed by atoms with van der Waals surface area (Å²) in [5, 5.41) is 8.57. The number of nitrogens with zero attached hydrogens (tertiary/aromatic N) is 1. The summed E-state index contributed by atoms with van der Waals surface area (Å²) in [4.78, 5) is 12.0. The monoisotopic (exact) mass is 195 g/mol. The lowest BCUT2D eigenvalue weighted by molar-refractivity contribution is -0.135. The van der Waals surface area contributed by atoms with Crippen LogP contribution in [0.15, 0.2) is 18.2 Å². The summed E-state index contributed by atoms with van der Waals surface area (Å²) in [7, 11) is 1.68. The Morgan fingerprint density at radius 2 is 2.07 bits per heavy atom. The second-order valence-electron chi connectivity index (χ2n) is 3.06. The second kappa shape index (κ2) is 3.87. The Morgan fingerprint density at radius 1 is 1.43 bits per heavy atom. The van der Waals surface area contributed by atoms with Gasteiger partial charge in [-0.25, -0.2) is 0 Å². The first-order chi connectivity index (χ1) is 6.50. The Kier molecular flexibility index (Phi) is 2.81. The van der Waals surface area contributed by atoms with Crippen LogP contribution in [0.3, 0.4) is 0 Å². The van der Waals surface area contributed by atoms with E-state index in [9.17, 15) is 4.79 Å². The molecule has 14 heavy (non-hydrogen) atoms. The van der Waals surface area contributed by atoms with Gasteiger partial charge in [-0.15, -0.1) is 0 Å². The Bertz CT molecular complexity index is 352. The van der Waals surface area contributed by atoms with E-state index in [4.69, 9.17) is 16.6 Å². The fourth-order valence-electron chi connectivity index (χ4n) is 1.09. The number of hydrogen-bond donors (Lipinski definition) is 3. The molecule has 5 N–H and O–H groups in total. The van der Waals surface area contributed by atoms with Gasteiger partial charge in [0.1, 0.15) is 6.54 Å². The van der Waals surface area contributed by atoms with Crippen molar-refractivity contribution in [2.24, 2.45) is 0 Å². The number of likely N-dealkylation sites (N-methyl/N-ethyl adjacent to an activating group) is 1. The van der Waals surface area contributed by atoms with E-state index in [1.807, 2.05) is 0 Å². The van der Waals surface area contributed by atoms with Crippen LogP contribution in [0.4, 0.5) is 17.1 Å². The van der Waals surface area contributed by atoms with Crippen molar-refractivity contribution in [2.75, 3.05) is 30.0 Å². The smallest absolute Gasteiger partial charge is 0.323 e. The number of hydrogen-bond acceptors (Lipinski definition) is 4. The summed E-state index contributed by atoms with van der Waals surface area (Å²) in [6.45, 7) is -0.0661. The van der Waals surface area contributed by atoms with Gasteiger partial charge < -0.3 is 21.5 Å². The molecule has 5 nitrogen and oxygen atoms in total. The quantitative estimate of drug-likeness (QED) is 0.606. The molecular formula is C9H13N3O2. The predicted octanol–water partition coefficient (Wildman–Crippen LogP) is 0.372. The minimum Gasteiger partial charge on any atom is -0.480 e. The number of carbonyl (C=O) groups is 1. The van der Waals surface area contributed by atoms with Crippen LogP contribution in [-0.2, 0) is 4.79 Å². The van der Waals surface area contributed by atoms with Gasteiger partial charge in [0.2, 0.25) is 0 Å². The fraction of sp³-hybridized carbons (Fsp3) is 0.222. The van der Waals surface area contributed by atoms with E-state index in [0.29, 0.717) is 11.4 Å². The summed E-state index contributed by atoms with van der Waals surface area (Å²) in [5.41, 5.74) is 12.8. The molecule has 0 aliphatic rings. The first-order valence-corrected chi connectivity index (χ1v) is 4.08. The van der Waals surface area contributed by atoms with Gasteiger partial charge in [0.25, 0.3) is 0 Å². The van der Waals surface area contributed by atoms with Crippen LogP contribution in [0.2, 0.25) is 0 Å². The number of nitrogens with two attached hydrogens (primary N) is 2. The van der Waals surface area contributed by atoms with Crippen molar-refractivity contribution in [1.82, 2.24) is 0 Å². The van der Waals surface area contributed by atoms with Gasteiger partial charge in [-0.3, -0.25) is 4.79 Å². The van der Waals surface area contributed by atoms with Gasteiger partial charge in [0, 0.05) is 12.7 Å². The third-order valence-electron chi connectivity index (χ3n) is 1.88. The largest absolute Gasteiger partial charge is 0.480 e. The molecule has 0 unspecified atom stereocenters. The first kappa shape index (κ1) is 10.2. The molecule has 76 valence electrons. The number of carboxylic acids is 1. The maximum absolute atomic E-state index is 10.4. The molecule has 1 aromatic rings. The molecule has 0 aliphatic carbocycles. The molecule has 1 aromatic carbocycles. The zero-order valence-electron chi connectivity index (χ0n) is 7.90. The van der Waals surface area contributed by atoms with Crippen LogP contribution in [0, 0.1) is 0 Å². The maximum atomic E-state index is 10.4. The second-order valence-corrected chi connectivity index (χ2v) is 3.06. The third-order valence-corrected chi connectivity index (χ3v) is 1.88. The van der Waals surface area contributed by atoms with Gasteiger partial charge in [-0.05, 0) is 18.2 Å². The summed E-state index contributed by atoms with van der Waals surface area (Å²) in [6.07, 6.45) is 0. The summed E-state index contributed by atoms with van der Waals surface area (Å²) >= 11 is 0. The average Bonchev–Trinajstić information content (AvgIpc) is 2.08. The Morgan fingerprint density at radius 3 is 2.57 bits per heavy atom. The summed E-state index contributed by atoms with van der Waals surface area (Å²) in [6, 6.07) is 5.04. The zero-order chi connectivity index (χ0) is 10.7. The highest BCUT2D eigenvalue weighted by Gasteiger charge is 2.06. The first-order valence-electron chi connectivity index (χ1n) is 4.08. The van der Waals surface area contributed by atoms with Crippen LogP contribution in [0.25, 0.3) is 0 Å². The molecule has 0 amide bonds. The van der Waals surface area contributed by atoms with E-state index < -0.39 is 5.97 Å². The molecule has 0 saturated carbocycles. The lowest BCUT2D eigenvalue weighted by atomic mass is 10.2. The van der Waals surface area contributed by atoms with E-state index in [1.165, 1.54) is 0 Å². The standard InChI is InChI=1S/C9H13N3O2/c1-12(5-9(13)14)6-2-3-7(10)8(11)4-6/h2-4H,5,10-11H2,1H3,(H,13,14). The topological polar surface area (TPSA) is 92.6 Å². The molecule has 0 spiro atoms. The zero-order valence-corrected chi connectivity index (χ0v) is 7.90. The van der Waals surface area contributed by atoms with Crippen LogP contribution >= 0.6 is 0 Å². The van der Waals surface area contributed by atoms with E-state index in [-0.39, 0.29) is 6.54 Å².